The number of aromatic nitrogens is 3. The van der Waals surface area contributed by atoms with Crippen molar-refractivity contribution >= 4 is 11.9 Å². The lowest BCUT2D eigenvalue weighted by Gasteiger charge is -2.20. The summed E-state index contributed by atoms with van der Waals surface area (Å²) in [5.41, 5.74) is 1.57. The molecule has 0 aromatic carbocycles. The second-order valence-corrected chi connectivity index (χ2v) is 3.97. The maximum Gasteiger partial charge on any atom is 0.326 e. The molecule has 1 atom stereocenters. The second kappa shape index (κ2) is 4.03. The molecule has 1 aliphatic rings. The van der Waals surface area contributed by atoms with Crippen LogP contribution in [0.3, 0.4) is 0 Å². The fraction of sp³-hybridized carbons (Fsp3) is 0.600. The number of anilines is 1. The van der Waals surface area contributed by atoms with Gasteiger partial charge < -0.3 is 10.0 Å². The standard InChI is InChI=1S/C10H14N4O2/c1-6-7(2)12-13-10(11-6)14-5-3-4-8(14)9(15)16/h8H,3-5H2,1-2H3,(H,15,16)/t8-/m1/s1. The van der Waals surface area contributed by atoms with Gasteiger partial charge in [-0.1, -0.05) is 0 Å². The van der Waals surface area contributed by atoms with E-state index >= 15 is 0 Å². The summed E-state index contributed by atoms with van der Waals surface area (Å²) in [7, 11) is 0. The van der Waals surface area contributed by atoms with E-state index in [0.29, 0.717) is 18.9 Å². The molecule has 1 aliphatic heterocycles. The molecule has 1 aromatic heterocycles. The molecule has 1 aromatic rings. The van der Waals surface area contributed by atoms with E-state index in [0.717, 1.165) is 17.8 Å². The molecule has 0 amide bonds. The lowest BCUT2D eigenvalue weighted by atomic mass is 10.2. The predicted octanol–water partition coefficient (Wildman–Crippen LogP) is 0.542. The fourth-order valence-corrected chi connectivity index (χ4v) is 1.83. The summed E-state index contributed by atoms with van der Waals surface area (Å²) in [6.45, 7) is 4.36. The largest absolute Gasteiger partial charge is 0.480 e. The van der Waals surface area contributed by atoms with Gasteiger partial charge in [-0.2, -0.15) is 5.10 Å². The molecule has 6 heteroatoms. The Morgan fingerprint density at radius 2 is 2.12 bits per heavy atom. The van der Waals surface area contributed by atoms with E-state index in [2.05, 4.69) is 15.2 Å². The first-order chi connectivity index (χ1) is 7.59. The van der Waals surface area contributed by atoms with Crippen LogP contribution < -0.4 is 4.90 Å². The molecule has 6 nitrogen and oxygen atoms in total. The first kappa shape index (κ1) is 10.8. The van der Waals surface area contributed by atoms with Gasteiger partial charge in [-0.15, -0.1) is 5.10 Å². The highest BCUT2D eigenvalue weighted by Gasteiger charge is 2.32. The number of rotatable bonds is 2. The zero-order chi connectivity index (χ0) is 11.7. The molecule has 0 spiro atoms. The third kappa shape index (κ3) is 1.82. The quantitative estimate of drug-likeness (QED) is 0.786. The molecule has 16 heavy (non-hydrogen) atoms. The summed E-state index contributed by atoms with van der Waals surface area (Å²) < 4.78 is 0. The zero-order valence-electron chi connectivity index (χ0n) is 9.34. The van der Waals surface area contributed by atoms with E-state index in [1.54, 1.807) is 4.90 Å². The third-order valence-electron chi connectivity index (χ3n) is 2.88. The van der Waals surface area contributed by atoms with Crippen molar-refractivity contribution in [3.8, 4) is 0 Å². The number of carboxylic acids is 1. The molecule has 86 valence electrons. The van der Waals surface area contributed by atoms with Gasteiger partial charge >= 0.3 is 5.97 Å². The maximum absolute atomic E-state index is 11.0. The Balaban J connectivity index is 2.29. The van der Waals surface area contributed by atoms with Crippen LogP contribution in [0.1, 0.15) is 24.2 Å². The Bertz CT molecular complexity index is 421. The molecule has 2 rings (SSSR count). The van der Waals surface area contributed by atoms with Gasteiger partial charge in [-0.3, -0.25) is 0 Å². The molecule has 0 saturated carbocycles. The minimum atomic E-state index is -0.820. The van der Waals surface area contributed by atoms with Crippen LogP contribution in [0, 0.1) is 13.8 Å². The van der Waals surface area contributed by atoms with Crippen LogP contribution >= 0.6 is 0 Å². The van der Waals surface area contributed by atoms with Crippen molar-refractivity contribution in [1.82, 2.24) is 15.2 Å². The van der Waals surface area contributed by atoms with Crippen LogP contribution in [0.25, 0.3) is 0 Å². The van der Waals surface area contributed by atoms with Gasteiger partial charge in [0, 0.05) is 6.54 Å². The Labute approximate surface area is 93.3 Å². The van der Waals surface area contributed by atoms with E-state index in [-0.39, 0.29) is 0 Å². The summed E-state index contributed by atoms with van der Waals surface area (Å²) in [6.07, 6.45) is 1.50. The smallest absolute Gasteiger partial charge is 0.326 e. The van der Waals surface area contributed by atoms with Crippen LogP contribution in [0.4, 0.5) is 5.95 Å². The topological polar surface area (TPSA) is 79.2 Å². The summed E-state index contributed by atoms with van der Waals surface area (Å²) >= 11 is 0. The van der Waals surface area contributed by atoms with Crippen LogP contribution in [-0.4, -0.2) is 38.8 Å². The number of hydrogen-bond acceptors (Lipinski definition) is 5. The summed E-state index contributed by atoms with van der Waals surface area (Å²) in [5.74, 6) is -0.396. The van der Waals surface area contributed by atoms with E-state index in [4.69, 9.17) is 5.11 Å². The van der Waals surface area contributed by atoms with Crippen LogP contribution in [0.15, 0.2) is 0 Å². The molecule has 0 unspecified atom stereocenters. The second-order valence-electron chi connectivity index (χ2n) is 3.97. The number of carboxylic acid groups (broad SMARTS) is 1. The minimum Gasteiger partial charge on any atom is -0.480 e. The Morgan fingerprint density at radius 1 is 1.38 bits per heavy atom. The summed E-state index contributed by atoms with van der Waals surface area (Å²) in [5, 5.41) is 17.0. The summed E-state index contributed by atoms with van der Waals surface area (Å²) in [6, 6.07) is -0.510. The van der Waals surface area contributed by atoms with Gasteiger partial charge in [0.2, 0.25) is 5.95 Å². The lowest BCUT2D eigenvalue weighted by Crippen LogP contribution is -2.37. The van der Waals surface area contributed by atoms with Crippen molar-refractivity contribution < 1.29 is 9.90 Å². The van der Waals surface area contributed by atoms with Crippen molar-refractivity contribution in [1.29, 1.82) is 0 Å². The van der Waals surface area contributed by atoms with E-state index in [1.165, 1.54) is 0 Å². The minimum absolute atomic E-state index is 0.424. The van der Waals surface area contributed by atoms with Crippen molar-refractivity contribution in [2.45, 2.75) is 32.7 Å². The maximum atomic E-state index is 11.0. The van der Waals surface area contributed by atoms with Gasteiger partial charge in [-0.25, -0.2) is 9.78 Å². The van der Waals surface area contributed by atoms with Gasteiger partial charge in [0.25, 0.3) is 0 Å². The highest BCUT2D eigenvalue weighted by molar-refractivity contribution is 5.77. The van der Waals surface area contributed by atoms with Crippen molar-refractivity contribution in [3.63, 3.8) is 0 Å². The normalized spacial score (nSPS) is 20.1. The Kier molecular flexibility index (Phi) is 2.72. The van der Waals surface area contributed by atoms with E-state index in [1.807, 2.05) is 13.8 Å². The van der Waals surface area contributed by atoms with Crippen LogP contribution in [0.2, 0.25) is 0 Å². The van der Waals surface area contributed by atoms with Gasteiger partial charge in [0.05, 0.1) is 11.4 Å². The average molecular weight is 222 g/mol. The molecule has 2 heterocycles. The van der Waals surface area contributed by atoms with Crippen molar-refractivity contribution in [2.75, 3.05) is 11.4 Å². The molecular formula is C10H14N4O2. The van der Waals surface area contributed by atoms with Crippen molar-refractivity contribution in [3.05, 3.63) is 11.4 Å². The molecule has 1 N–H and O–H groups in total. The molecular weight excluding hydrogens is 208 g/mol. The number of nitrogens with zero attached hydrogens (tertiary/aromatic N) is 4. The molecule has 1 saturated heterocycles. The highest BCUT2D eigenvalue weighted by Crippen LogP contribution is 2.22. The number of carbonyl (C=O) groups is 1. The van der Waals surface area contributed by atoms with Gasteiger partial charge in [0.15, 0.2) is 0 Å². The molecule has 0 bridgehead atoms. The van der Waals surface area contributed by atoms with Crippen molar-refractivity contribution in [2.24, 2.45) is 0 Å². The lowest BCUT2D eigenvalue weighted by molar-refractivity contribution is -0.138. The van der Waals surface area contributed by atoms with Gasteiger partial charge in [-0.05, 0) is 26.7 Å². The zero-order valence-corrected chi connectivity index (χ0v) is 9.34. The average Bonchev–Trinajstić information content (AvgIpc) is 2.71. The SMILES string of the molecule is Cc1nnc(N2CCC[C@@H]2C(=O)O)nc1C. The molecule has 0 aliphatic carbocycles. The summed E-state index contributed by atoms with van der Waals surface area (Å²) in [4.78, 5) is 17.0. The monoisotopic (exact) mass is 222 g/mol. The Morgan fingerprint density at radius 3 is 2.75 bits per heavy atom. The molecule has 1 fully saturated rings. The number of aryl methyl sites for hydroxylation is 2. The first-order valence-corrected chi connectivity index (χ1v) is 5.27. The number of aliphatic carboxylic acids is 1. The molecule has 0 radical (unpaired) electrons. The van der Waals surface area contributed by atoms with Crippen LogP contribution in [-0.2, 0) is 4.79 Å². The van der Waals surface area contributed by atoms with Gasteiger partial charge in [0.1, 0.15) is 6.04 Å². The fourth-order valence-electron chi connectivity index (χ4n) is 1.83. The number of hydrogen-bond donors (Lipinski definition) is 1. The van der Waals surface area contributed by atoms with Crippen LogP contribution in [0.5, 0.6) is 0 Å². The predicted molar refractivity (Wildman–Crippen MR) is 57.3 cm³/mol. The third-order valence-corrected chi connectivity index (χ3v) is 2.88. The van der Waals surface area contributed by atoms with E-state index in [9.17, 15) is 4.79 Å². The van der Waals surface area contributed by atoms with E-state index < -0.39 is 12.0 Å². The Hall–Kier alpha value is -1.72. The first-order valence-electron chi connectivity index (χ1n) is 5.27. The highest BCUT2D eigenvalue weighted by atomic mass is 16.4.